The predicted molar refractivity (Wildman–Crippen MR) is 71.7 cm³/mol. The van der Waals surface area contributed by atoms with Crippen molar-refractivity contribution in [3.8, 4) is 0 Å². The number of nitrogens with zero attached hydrogens (tertiary/aromatic N) is 2. The van der Waals surface area contributed by atoms with Crippen molar-refractivity contribution >= 4 is 6.29 Å². The average Bonchev–Trinajstić information content (AvgIpc) is 2.91. The van der Waals surface area contributed by atoms with Gasteiger partial charge in [-0.25, -0.2) is 0 Å². The first-order valence-electron chi connectivity index (χ1n) is 7.34. The number of carbonyl (C=O) groups is 1. The molecule has 0 amide bonds. The minimum Gasteiger partial charge on any atom is -0.381 e. The number of ether oxygens (including phenoxy) is 1. The van der Waals surface area contributed by atoms with Gasteiger partial charge in [-0.15, -0.1) is 0 Å². The summed E-state index contributed by atoms with van der Waals surface area (Å²) in [5.41, 5.74) is 0. The van der Waals surface area contributed by atoms with Crippen molar-refractivity contribution in [2.75, 3.05) is 52.5 Å². The number of hydrogen-bond donors (Lipinski definition) is 0. The fourth-order valence-electron chi connectivity index (χ4n) is 2.89. The first-order chi connectivity index (χ1) is 8.88. The van der Waals surface area contributed by atoms with Crippen LogP contribution in [-0.4, -0.2) is 68.6 Å². The third kappa shape index (κ3) is 4.67. The molecule has 2 rings (SSSR count). The van der Waals surface area contributed by atoms with Gasteiger partial charge >= 0.3 is 0 Å². The van der Waals surface area contributed by atoms with Gasteiger partial charge in [-0.05, 0) is 31.7 Å². The van der Waals surface area contributed by atoms with Gasteiger partial charge in [-0.2, -0.15) is 0 Å². The standard InChI is InChI=1S/C14H26N2O2/c17-11-2-6-16-9-7-15(8-10-16)5-1-3-14-4-12-18-13-14/h11,14H,1-10,12-13H2. The summed E-state index contributed by atoms with van der Waals surface area (Å²) in [6.45, 7) is 8.72. The maximum atomic E-state index is 10.3. The Morgan fingerprint density at radius 3 is 2.44 bits per heavy atom. The molecule has 2 saturated heterocycles. The summed E-state index contributed by atoms with van der Waals surface area (Å²) in [6.07, 6.45) is 5.60. The second kappa shape index (κ2) is 7.87. The average molecular weight is 254 g/mol. The summed E-state index contributed by atoms with van der Waals surface area (Å²) in [4.78, 5) is 15.3. The monoisotopic (exact) mass is 254 g/mol. The highest BCUT2D eigenvalue weighted by molar-refractivity contribution is 5.49. The maximum absolute atomic E-state index is 10.3. The highest BCUT2D eigenvalue weighted by atomic mass is 16.5. The highest BCUT2D eigenvalue weighted by Crippen LogP contribution is 2.18. The van der Waals surface area contributed by atoms with Crippen LogP contribution in [0.2, 0.25) is 0 Å². The van der Waals surface area contributed by atoms with Crippen LogP contribution in [0.4, 0.5) is 0 Å². The summed E-state index contributed by atoms with van der Waals surface area (Å²) in [5, 5.41) is 0. The van der Waals surface area contributed by atoms with Crippen molar-refractivity contribution in [2.45, 2.75) is 25.7 Å². The minimum absolute atomic E-state index is 0.682. The van der Waals surface area contributed by atoms with Gasteiger partial charge < -0.3 is 19.3 Å². The van der Waals surface area contributed by atoms with Gasteiger partial charge in [0.15, 0.2) is 0 Å². The molecule has 2 aliphatic heterocycles. The van der Waals surface area contributed by atoms with E-state index in [1.54, 1.807) is 0 Å². The largest absolute Gasteiger partial charge is 0.381 e. The number of aldehydes is 1. The molecular weight excluding hydrogens is 228 g/mol. The lowest BCUT2D eigenvalue weighted by molar-refractivity contribution is -0.108. The zero-order valence-corrected chi connectivity index (χ0v) is 11.4. The number of piperazine rings is 1. The second-order valence-corrected chi connectivity index (χ2v) is 5.51. The smallest absolute Gasteiger partial charge is 0.121 e. The Morgan fingerprint density at radius 1 is 1.11 bits per heavy atom. The zero-order chi connectivity index (χ0) is 12.6. The van der Waals surface area contributed by atoms with Gasteiger partial charge in [0, 0.05) is 52.4 Å². The SMILES string of the molecule is O=CCCN1CCN(CCCC2CCOC2)CC1. The van der Waals surface area contributed by atoms with Gasteiger partial charge in [-0.1, -0.05) is 0 Å². The van der Waals surface area contributed by atoms with Crippen molar-refractivity contribution in [3.63, 3.8) is 0 Å². The van der Waals surface area contributed by atoms with Crippen molar-refractivity contribution in [2.24, 2.45) is 5.92 Å². The van der Waals surface area contributed by atoms with Crippen molar-refractivity contribution in [3.05, 3.63) is 0 Å². The molecule has 0 bridgehead atoms. The molecule has 0 spiro atoms. The van der Waals surface area contributed by atoms with Crippen LogP contribution in [0.5, 0.6) is 0 Å². The Labute approximate surface area is 110 Å². The summed E-state index contributed by atoms with van der Waals surface area (Å²) in [7, 11) is 0. The van der Waals surface area contributed by atoms with Crippen molar-refractivity contribution in [1.82, 2.24) is 9.80 Å². The van der Waals surface area contributed by atoms with Crippen molar-refractivity contribution < 1.29 is 9.53 Å². The molecule has 0 aromatic rings. The first kappa shape index (κ1) is 14.0. The molecule has 1 unspecified atom stereocenters. The molecule has 0 aromatic heterocycles. The molecule has 104 valence electrons. The lowest BCUT2D eigenvalue weighted by atomic mass is 10.0. The van der Waals surface area contributed by atoms with Gasteiger partial charge in [0.05, 0.1) is 0 Å². The van der Waals surface area contributed by atoms with Crippen LogP contribution in [0.25, 0.3) is 0 Å². The van der Waals surface area contributed by atoms with Crippen LogP contribution >= 0.6 is 0 Å². The third-order valence-electron chi connectivity index (χ3n) is 4.14. The first-order valence-corrected chi connectivity index (χ1v) is 7.34. The molecule has 0 saturated carbocycles. The molecule has 0 N–H and O–H groups in total. The van der Waals surface area contributed by atoms with E-state index in [1.807, 2.05) is 0 Å². The fourth-order valence-corrected chi connectivity index (χ4v) is 2.89. The van der Waals surface area contributed by atoms with E-state index in [0.717, 1.165) is 45.1 Å². The van der Waals surface area contributed by atoms with Crippen LogP contribution in [-0.2, 0) is 9.53 Å². The van der Waals surface area contributed by atoms with Crippen LogP contribution in [0.15, 0.2) is 0 Å². The minimum atomic E-state index is 0.682. The van der Waals surface area contributed by atoms with Crippen LogP contribution in [0.3, 0.4) is 0 Å². The molecule has 18 heavy (non-hydrogen) atoms. The van der Waals surface area contributed by atoms with E-state index in [1.165, 1.54) is 38.9 Å². The van der Waals surface area contributed by atoms with Crippen molar-refractivity contribution in [1.29, 1.82) is 0 Å². The number of hydrogen-bond acceptors (Lipinski definition) is 4. The molecule has 0 radical (unpaired) electrons. The molecular formula is C14H26N2O2. The molecule has 2 aliphatic rings. The van der Waals surface area contributed by atoms with Crippen LogP contribution in [0.1, 0.15) is 25.7 Å². The molecule has 4 heteroatoms. The van der Waals surface area contributed by atoms with Crippen LogP contribution in [0, 0.1) is 5.92 Å². The summed E-state index contributed by atoms with van der Waals surface area (Å²) in [6, 6.07) is 0. The fraction of sp³-hybridized carbons (Fsp3) is 0.929. The predicted octanol–water partition coefficient (Wildman–Crippen LogP) is 1.01. The van der Waals surface area contributed by atoms with Gasteiger partial charge in [0.2, 0.25) is 0 Å². The molecule has 0 aromatic carbocycles. The topological polar surface area (TPSA) is 32.8 Å². The van der Waals surface area contributed by atoms with E-state index in [2.05, 4.69) is 9.80 Å². The van der Waals surface area contributed by atoms with E-state index in [4.69, 9.17) is 4.74 Å². The van der Waals surface area contributed by atoms with E-state index in [0.29, 0.717) is 6.42 Å². The Hall–Kier alpha value is -0.450. The normalized spacial score (nSPS) is 26.6. The van der Waals surface area contributed by atoms with Crippen LogP contribution < -0.4 is 0 Å². The highest BCUT2D eigenvalue weighted by Gasteiger charge is 2.18. The van der Waals surface area contributed by atoms with Gasteiger partial charge in [0.1, 0.15) is 6.29 Å². The van der Waals surface area contributed by atoms with Gasteiger partial charge in [0.25, 0.3) is 0 Å². The molecule has 2 fully saturated rings. The zero-order valence-electron chi connectivity index (χ0n) is 11.4. The lowest BCUT2D eigenvalue weighted by Crippen LogP contribution is -2.46. The lowest BCUT2D eigenvalue weighted by Gasteiger charge is -2.34. The van der Waals surface area contributed by atoms with E-state index in [9.17, 15) is 4.79 Å². The summed E-state index contributed by atoms with van der Waals surface area (Å²) >= 11 is 0. The molecule has 4 nitrogen and oxygen atoms in total. The molecule has 1 atom stereocenters. The third-order valence-corrected chi connectivity index (χ3v) is 4.14. The Balaban J connectivity index is 1.51. The quantitative estimate of drug-likeness (QED) is 0.635. The number of carbonyl (C=O) groups excluding carboxylic acids is 1. The second-order valence-electron chi connectivity index (χ2n) is 5.51. The summed E-state index contributed by atoms with van der Waals surface area (Å²) in [5.74, 6) is 0.818. The van der Waals surface area contributed by atoms with E-state index >= 15 is 0 Å². The van der Waals surface area contributed by atoms with E-state index in [-0.39, 0.29) is 0 Å². The van der Waals surface area contributed by atoms with Gasteiger partial charge in [-0.3, -0.25) is 0 Å². The maximum Gasteiger partial charge on any atom is 0.121 e. The number of rotatable bonds is 7. The Bertz CT molecular complexity index is 234. The summed E-state index contributed by atoms with van der Waals surface area (Å²) < 4.78 is 5.40. The Kier molecular flexibility index (Phi) is 6.11. The Morgan fingerprint density at radius 2 is 1.83 bits per heavy atom. The van der Waals surface area contributed by atoms with E-state index < -0.39 is 0 Å². The molecule has 0 aliphatic carbocycles. The molecule has 2 heterocycles.